The van der Waals surface area contributed by atoms with Gasteiger partial charge in [-0.25, -0.2) is 8.42 Å². The number of carbonyl (C=O) groups is 1. The van der Waals surface area contributed by atoms with Crippen molar-refractivity contribution in [1.82, 2.24) is 14.5 Å². The summed E-state index contributed by atoms with van der Waals surface area (Å²) in [6.07, 6.45) is 0.878. The highest BCUT2D eigenvalue weighted by Gasteiger charge is 2.33. The number of amides is 1. The average molecular weight is 408 g/mol. The molecule has 1 N–H and O–H groups in total. The van der Waals surface area contributed by atoms with Gasteiger partial charge in [-0.15, -0.1) is 0 Å². The highest BCUT2D eigenvalue weighted by atomic mass is 35.5. The average Bonchev–Trinajstić information content (AvgIpc) is 2.58. The molecule has 1 aliphatic heterocycles. The van der Waals surface area contributed by atoms with Crippen LogP contribution in [-0.2, 0) is 14.8 Å². The molecular weight excluding hydrogens is 385 g/mol. The van der Waals surface area contributed by atoms with Crippen molar-refractivity contribution in [3.63, 3.8) is 0 Å². The second-order valence-corrected chi connectivity index (χ2v) is 8.65. The predicted molar refractivity (Wildman–Crippen MR) is 99.6 cm³/mol. The van der Waals surface area contributed by atoms with Crippen LogP contribution in [0.2, 0.25) is 10.0 Å². The zero-order valence-electron chi connectivity index (χ0n) is 14.3. The Morgan fingerprint density at radius 2 is 1.76 bits per heavy atom. The number of nitrogens with zero attached hydrogens (tertiary/aromatic N) is 2. The molecule has 1 heterocycles. The third-order valence-corrected chi connectivity index (χ3v) is 7.12. The number of halogens is 2. The van der Waals surface area contributed by atoms with Gasteiger partial charge in [0.05, 0.1) is 16.1 Å². The maximum Gasteiger partial charge on any atom is 0.246 e. The van der Waals surface area contributed by atoms with Crippen LogP contribution in [0.1, 0.15) is 20.3 Å². The van der Waals surface area contributed by atoms with Crippen LogP contribution in [0.25, 0.3) is 0 Å². The van der Waals surface area contributed by atoms with Gasteiger partial charge in [0.2, 0.25) is 15.9 Å². The van der Waals surface area contributed by atoms with Crippen molar-refractivity contribution in [3.8, 4) is 0 Å². The van der Waals surface area contributed by atoms with Crippen LogP contribution < -0.4 is 5.32 Å². The first-order chi connectivity index (χ1) is 11.8. The first kappa shape index (κ1) is 20.5. The SMILES string of the molecule is CCCNC(=O)C(C)N1CCN(S(=O)(=O)c2c(Cl)cccc2Cl)CC1. The molecule has 1 saturated heterocycles. The Morgan fingerprint density at radius 3 is 2.28 bits per heavy atom. The number of piperazine rings is 1. The second-order valence-electron chi connectivity index (χ2n) is 5.96. The summed E-state index contributed by atoms with van der Waals surface area (Å²) >= 11 is 12.1. The van der Waals surface area contributed by atoms with E-state index in [0.717, 1.165) is 6.42 Å². The van der Waals surface area contributed by atoms with Gasteiger partial charge in [-0.3, -0.25) is 9.69 Å². The Bertz CT molecular complexity index is 699. The van der Waals surface area contributed by atoms with Crippen molar-refractivity contribution in [2.75, 3.05) is 32.7 Å². The summed E-state index contributed by atoms with van der Waals surface area (Å²) in [4.78, 5) is 14.0. The second kappa shape index (κ2) is 8.68. The summed E-state index contributed by atoms with van der Waals surface area (Å²) in [7, 11) is -3.76. The quantitative estimate of drug-likeness (QED) is 0.784. The van der Waals surface area contributed by atoms with Crippen molar-refractivity contribution < 1.29 is 13.2 Å². The van der Waals surface area contributed by atoms with Gasteiger partial charge < -0.3 is 5.32 Å². The third-order valence-electron chi connectivity index (χ3n) is 4.27. The largest absolute Gasteiger partial charge is 0.355 e. The van der Waals surface area contributed by atoms with Crippen LogP contribution in [0.15, 0.2) is 23.1 Å². The van der Waals surface area contributed by atoms with E-state index in [0.29, 0.717) is 19.6 Å². The molecule has 1 aliphatic rings. The molecule has 0 aromatic heterocycles. The molecule has 6 nitrogen and oxygen atoms in total. The normalized spacial score (nSPS) is 18.1. The molecule has 0 saturated carbocycles. The lowest BCUT2D eigenvalue weighted by Gasteiger charge is -2.36. The van der Waals surface area contributed by atoms with Gasteiger partial charge in [0.1, 0.15) is 4.90 Å². The van der Waals surface area contributed by atoms with Crippen LogP contribution >= 0.6 is 23.2 Å². The smallest absolute Gasteiger partial charge is 0.246 e. The van der Waals surface area contributed by atoms with Crippen molar-refractivity contribution in [1.29, 1.82) is 0 Å². The first-order valence-electron chi connectivity index (χ1n) is 8.25. The van der Waals surface area contributed by atoms with Gasteiger partial charge in [-0.05, 0) is 25.5 Å². The van der Waals surface area contributed by atoms with E-state index in [1.165, 1.54) is 16.4 Å². The fraction of sp³-hybridized carbons (Fsp3) is 0.562. The van der Waals surface area contributed by atoms with Gasteiger partial charge in [0, 0.05) is 32.7 Å². The van der Waals surface area contributed by atoms with E-state index >= 15 is 0 Å². The molecule has 2 rings (SSSR count). The summed E-state index contributed by atoms with van der Waals surface area (Å²) < 4.78 is 27.0. The fourth-order valence-electron chi connectivity index (χ4n) is 2.75. The maximum atomic E-state index is 12.8. The zero-order valence-corrected chi connectivity index (χ0v) is 16.7. The number of benzene rings is 1. The van der Waals surface area contributed by atoms with Crippen molar-refractivity contribution in [3.05, 3.63) is 28.2 Å². The summed E-state index contributed by atoms with van der Waals surface area (Å²) in [5.74, 6) is -0.0349. The molecule has 1 fully saturated rings. The molecule has 25 heavy (non-hydrogen) atoms. The van der Waals surface area contributed by atoms with Crippen molar-refractivity contribution in [2.45, 2.75) is 31.2 Å². The number of hydrogen-bond donors (Lipinski definition) is 1. The van der Waals surface area contributed by atoms with E-state index in [-0.39, 0.29) is 40.0 Å². The van der Waals surface area contributed by atoms with Gasteiger partial charge >= 0.3 is 0 Å². The number of rotatable bonds is 6. The minimum atomic E-state index is -3.76. The lowest BCUT2D eigenvalue weighted by atomic mass is 10.2. The maximum absolute atomic E-state index is 12.8. The fourth-order valence-corrected chi connectivity index (χ4v) is 5.26. The third kappa shape index (κ3) is 4.65. The lowest BCUT2D eigenvalue weighted by molar-refractivity contribution is -0.126. The van der Waals surface area contributed by atoms with Crippen LogP contribution in [0.3, 0.4) is 0 Å². The van der Waals surface area contributed by atoms with Crippen LogP contribution in [-0.4, -0.2) is 62.3 Å². The molecule has 1 unspecified atom stereocenters. The van der Waals surface area contributed by atoms with Crippen molar-refractivity contribution in [2.24, 2.45) is 0 Å². The van der Waals surface area contributed by atoms with Crippen LogP contribution in [0, 0.1) is 0 Å². The Balaban J connectivity index is 2.05. The van der Waals surface area contributed by atoms with Crippen LogP contribution in [0.4, 0.5) is 0 Å². The van der Waals surface area contributed by atoms with E-state index in [9.17, 15) is 13.2 Å². The molecule has 9 heteroatoms. The molecule has 1 atom stereocenters. The predicted octanol–water partition coefficient (Wildman–Crippen LogP) is 2.21. The number of sulfonamides is 1. The van der Waals surface area contributed by atoms with Crippen LogP contribution in [0.5, 0.6) is 0 Å². The Hall–Kier alpha value is -0.860. The molecule has 1 amide bonds. The van der Waals surface area contributed by atoms with Gasteiger partial charge in [0.15, 0.2) is 0 Å². The Labute approximate surface area is 159 Å². The van der Waals surface area contributed by atoms with Gasteiger partial charge in [-0.2, -0.15) is 4.31 Å². The van der Waals surface area contributed by atoms with E-state index in [4.69, 9.17) is 23.2 Å². The monoisotopic (exact) mass is 407 g/mol. The lowest BCUT2D eigenvalue weighted by Crippen LogP contribution is -2.55. The van der Waals surface area contributed by atoms with Crippen molar-refractivity contribution >= 4 is 39.1 Å². The first-order valence-corrected chi connectivity index (χ1v) is 10.4. The summed E-state index contributed by atoms with van der Waals surface area (Å²) in [5, 5.41) is 3.09. The zero-order chi connectivity index (χ0) is 18.6. The molecule has 1 aromatic rings. The highest BCUT2D eigenvalue weighted by molar-refractivity contribution is 7.89. The number of nitrogens with one attached hydrogen (secondary N) is 1. The van der Waals surface area contributed by atoms with E-state index in [2.05, 4.69) is 5.32 Å². The molecule has 140 valence electrons. The molecule has 0 spiro atoms. The van der Waals surface area contributed by atoms with Gasteiger partial charge in [-0.1, -0.05) is 36.2 Å². The standard InChI is InChI=1S/C16H23Cl2N3O3S/c1-3-7-19-16(22)12(2)20-8-10-21(11-9-20)25(23,24)15-13(17)5-4-6-14(15)18/h4-6,12H,3,7-11H2,1-2H3,(H,19,22). The molecule has 1 aromatic carbocycles. The molecular formula is C16H23Cl2N3O3S. The van der Waals surface area contributed by atoms with E-state index < -0.39 is 10.0 Å². The summed E-state index contributed by atoms with van der Waals surface area (Å²) in [6, 6.07) is 4.34. The topological polar surface area (TPSA) is 69.7 Å². The molecule has 0 bridgehead atoms. The summed E-state index contributed by atoms with van der Waals surface area (Å²) in [5.41, 5.74) is 0. The number of carbonyl (C=O) groups excluding carboxylic acids is 1. The highest BCUT2D eigenvalue weighted by Crippen LogP contribution is 2.31. The van der Waals surface area contributed by atoms with E-state index in [1.807, 2.05) is 18.7 Å². The van der Waals surface area contributed by atoms with E-state index in [1.54, 1.807) is 6.07 Å². The molecule has 0 aliphatic carbocycles. The Morgan fingerprint density at radius 1 is 1.20 bits per heavy atom. The van der Waals surface area contributed by atoms with Gasteiger partial charge in [0.25, 0.3) is 0 Å². The number of hydrogen-bond acceptors (Lipinski definition) is 4. The molecule has 0 radical (unpaired) electrons. The minimum Gasteiger partial charge on any atom is -0.355 e. The minimum absolute atomic E-state index is 0.0349. The summed E-state index contributed by atoms with van der Waals surface area (Å²) in [6.45, 7) is 5.99. The Kier molecular flexibility index (Phi) is 7.10.